The Kier molecular flexibility index (Phi) is 4.28. The highest BCUT2D eigenvalue weighted by Crippen LogP contribution is 2.26. The van der Waals surface area contributed by atoms with Crippen molar-refractivity contribution in [1.29, 1.82) is 0 Å². The zero-order chi connectivity index (χ0) is 17.9. The van der Waals surface area contributed by atoms with Gasteiger partial charge >= 0.3 is 0 Å². The van der Waals surface area contributed by atoms with Crippen LogP contribution in [0, 0.1) is 0 Å². The average molecular weight is 341 g/mol. The number of amides is 1. The van der Waals surface area contributed by atoms with Crippen molar-refractivity contribution in [2.75, 3.05) is 7.11 Å². The third kappa shape index (κ3) is 3.00. The van der Waals surface area contributed by atoms with Gasteiger partial charge in [0.2, 0.25) is 0 Å². The smallest absolute Gasteiger partial charge is 0.255 e. The number of benzene rings is 4. The van der Waals surface area contributed by atoms with Crippen molar-refractivity contribution < 1.29 is 9.53 Å². The lowest BCUT2D eigenvalue weighted by Gasteiger charge is -2.12. The summed E-state index contributed by atoms with van der Waals surface area (Å²) in [6, 6.07) is 26.0. The van der Waals surface area contributed by atoms with Gasteiger partial charge in [0.15, 0.2) is 0 Å². The van der Waals surface area contributed by atoms with Crippen molar-refractivity contribution in [3.63, 3.8) is 0 Å². The standard InChI is InChI=1S/C23H19NO2/c1-26-22-14-18-9-3-2-8-17(18)13-21(22)23(25)24-15-19-11-6-10-16-7-4-5-12-20(16)19/h2-14H,15H2,1H3,(H,24,25). The molecule has 3 nitrogen and oxygen atoms in total. The van der Waals surface area contributed by atoms with Crippen LogP contribution in [0.4, 0.5) is 0 Å². The molecule has 26 heavy (non-hydrogen) atoms. The van der Waals surface area contributed by atoms with Crippen LogP contribution in [0.3, 0.4) is 0 Å². The Balaban J connectivity index is 1.63. The van der Waals surface area contributed by atoms with Gasteiger partial charge in [-0.05, 0) is 39.2 Å². The summed E-state index contributed by atoms with van der Waals surface area (Å²) >= 11 is 0. The number of fused-ring (bicyclic) bond motifs is 2. The molecule has 0 aliphatic heterocycles. The highest BCUT2D eigenvalue weighted by atomic mass is 16.5. The number of hydrogen-bond donors (Lipinski definition) is 1. The maximum absolute atomic E-state index is 12.8. The molecule has 0 radical (unpaired) electrons. The number of carbonyl (C=O) groups excluding carboxylic acids is 1. The first-order valence-electron chi connectivity index (χ1n) is 8.58. The molecule has 3 heteroatoms. The second-order valence-electron chi connectivity index (χ2n) is 6.22. The first-order valence-corrected chi connectivity index (χ1v) is 8.58. The molecule has 1 amide bonds. The number of ether oxygens (including phenoxy) is 1. The molecule has 4 aromatic rings. The second kappa shape index (κ2) is 6.89. The van der Waals surface area contributed by atoms with Gasteiger partial charge in [0.25, 0.3) is 5.91 Å². The molecule has 0 aliphatic carbocycles. The summed E-state index contributed by atoms with van der Waals surface area (Å²) in [7, 11) is 1.59. The van der Waals surface area contributed by atoms with Crippen LogP contribution in [-0.2, 0) is 6.54 Å². The minimum Gasteiger partial charge on any atom is -0.496 e. The van der Waals surface area contributed by atoms with E-state index in [9.17, 15) is 4.79 Å². The Labute approximate surface area is 152 Å². The number of nitrogens with one attached hydrogen (secondary N) is 1. The van der Waals surface area contributed by atoms with Gasteiger partial charge in [0.05, 0.1) is 12.7 Å². The van der Waals surface area contributed by atoms with Crippen LogP contribution in [0.5, 0.6) is 5.75 Å². The molecule has 0 bridgehead atoms. The fourth-order valence-electron chi connectivity index (χ4n) is 3.28. The summed E-state index contributed by atoms with van der Waals surface area (Å²) in [4.78, 5) is 12.8. The lowest BCUT2D eigenvalue weighted by atomic mass is 10.0. The molecule has 0 fully saturated rings. The molecular formula is C23H19NO2. The van der Waals surface area contributed by atoms with E-state index in [2.05, 4.69) is 23.5 Å². The van der Waals surface area contributed by atoms with Crippen LogP contribution in [0.1, 0.15) is 15.9 Å². The monoisotopic (exact) mass is 341 g/mol. The Morgan fingerprint density at radius 1 is 0.846 bits per heavy atom. The number of hydrogen-bond acceptors (Lipinski definition) is 2. The van der Waals surface area contributed by atoms with Crippen LogP contribution in [0.15, 0.2) is 78.9 Å². The van der Waals surface area contributed by atoms with Gasteiger partial charge in [-0.2, -0.15) is 0 Å². The fourth-order valence-corrected chi connectivity index (χ4v) is 3.28. The number of carbonyl (C=O) groups is 1. The zero-order valence-corrected chi connectivity index (χ0v) is 14.5. The molecule has 0 saturated heterocycles. The second-order valence-corrected chi connectivity index (χ2v) is 6.22. The molecule has 4 rings (SSSR count). The quantitative estimate of drug-likeness (QED) is 0.571. The van der Waals surface area contributed by atoms with E-state index in [-0.39, 0.29) is 5.91 Å². The summed E-state index contributed by atoms with van der Waals surface area (Å²) in [6.07, 6.45) is 0. The summed E-state index contributed by atoms with van der Waals surface area (Å²) in [5.41, 5.74) is 1.64. The summed E-state index contributed by atoms with van der Waals surface area (Å²) in [5.74, 6) is 0.444. The molecule has 0 unspecified atom stereocenters. The van der Waals surface area contributed by atoms with Crippen LogP contribution in [0.2, 0.25) is 0 Å². The van der Waals surface area contributed by atoms with Crippen LogP contribution >= 0.6 is 0 Å². The van der Waals surface area contributed by atoms with Gasteiger partial charge in [-0.25, -0.2) is 0 Å². The van der Waals surface area contributed by atoms with Crippen molar-refractivity contribution in [2.45, 2.75) is 6.54 Å². The Morgan fingerprint density at radius 3 is 2.27 bits per heavy atom. The molecule has 0 heterocycles. The van der Waals surface area contributed by atoms with Gasteiger partial charge in [-0.3, -0.25) is 4.79 Å². The topological polar surface area (TPSA) is 38.3 Å². The maximum Gasteiger partial charge on any atom is 0.255 e. The van der Waals surface area contributed by atoms with Crippen molar-refractivity contribution in [1.82, 2.24) is 5.32 Å². The molecular weight excluding hydrogens is 322 g/mol. The fraction of sp³-hybridized carbons (Fsp3) is 0.0870. The summed E-state index contributed by atoms with van der Waals surface area (Å²) in [6.45, 7) is 0.468. The number of methoxy groups -OCH3 is 1. The van der Waals surface area contributed by atoms with Crippen molar-refractivity contribution in [3.8, 4) is 5.75 Å². The van der Waals surface area contributed by atoms with Crippen LogP contribution < -0.4 is 10.1 Å². The maximum atomic E-state index is 12.8. The normalized spacial score (nSPS) is 10.8. The van der Waals surface area contributed by atoms with E-state index >= 15 is 0 Å². The largest absolute Gasteiger partial charge is 0.496 e. The minimum atomic E-state index is -0.138. The van der Waals surface area contributed by atoms with Crippen LogP contribution in [-0.4, -0.2) is 13.0 Å². The Morgan fingerprint density at radius 2 is 1.50 bits per heavy atom. The summed E-state index contributed by atoms with van der Waals surface area (Å²) in [5, 5.41) is 7.42. The van der Waals surface area contributed by atoms with E-state index in [1.54, 1.807) is 7.11 Å². The minimum absolute atomic E-state index is 0.138. The van der Waals surface area contributed by atoms with Crippen molar-refractivity contribution >= 4 is 27.5 Å². The highest BCUT2D eigenvalue weighted by Gasteiger charge is 2.14. The van der Waals surface area contributed by atoms with Crippen LogP contribution in [0.25, 0.3) is 21.5 Å². The predicted molar refractivity (Wildman–Crippen MR) is 106 cm³/mol. The molecule has 128 valence electrons. The third-order valence-electron chi connectivity index (χ3n) is 4.63. The first kappa shape index (κ1) is 16.2. The predicted octanol–water partition coefficient (Wildman–Crippen LogP) is 4.93. The van der Waals surface area contributed by atoms with Gasteiger partial charge in [0, 0.05) is 6.54 Å². The van der Waals surface area contributed by atoms with E-state index in [1.807, 2.05) is 60.7 Å². The van der Waals surface area contributed by atoms with Gasteiger partial charge < -0.3 is 10.1 Å². The first-order chi connectivity index (χ1) is 12.8. The van der Waals surface area contributed by atoms with E-state index in [4.69, 9.17) is 4.74 Å². The van der Waals surface area contributed by atoms with Gasteiger partial charge in [-0.15, -0.1) is 0 Å². The van der Waals surface area contributed by atoms with E-state index < -0.39 is 0 Å². The lowest BCUT2D eigenvalue weighted by molar-refractivity contribution is 0.0948. The van der Waals surface area contributed by atoms with Crippen molar-refractivity contribution in [2.24, 2.45) is 0 Å². The lowest BCUT2D eigenvalue weighted by Crippen LogP contribution is -2.23. The molecule has 0 aliphatic rings. The molecule has 0 spiro atoms. The number of rotatable bonds is 4. The van der Waals surface area contributed by atoms with E-state index in [0.29, 0.717) is 17.9 Å². The third-order valence-corrected chi connectivity index (χ3v) is 4.63. The SMILES string of the molecule is COc1cc2ccccc2cc1C(=O)NCc1cccc2ccccc12. The summed E-state index contributed by atoms with van der Waals surface area (Å²) < 4.78 is 5.44. The zero-order valence-electron chi connectivity index (χ0n) is 14.5. The molecule has 0 atom stereocenters. The van der Waals surface area contributed by atoms with E-state index in [1.165, 1.54) is 5.39 Å². The average Bonchev–Trinajstić information content (AvgIpc) is 2.70. The van der Waals surface area contributed by atoms with Gasteiger partial charge in [-0.1, -0.05) is 66.7 Å². The molecule has 0 aromatic heterocycles. The molecule has 1 N–H and O–H groups in total. The Bertz CT molecular complexity index is 1100. The molecule has 0 saturated carbocycles. The van der Waals surface area contributed by atoms with Gasteiger partial charge in [0.1, 0.15) is 5.75 Å². The molecule has 4 aromatic carbocycles. The highest BCUT2D eigenvalue weighted by molar-refractivity contribution is 6.01. The van der Waals surface area contributed by atoms with E-state index in [0.717, 1.165) is 21.7 Å². The Hall–Kier alpha value is -3.33. The van der Waals surface area contributed by atoms with Crippen molar-refractivity contribution in [3.05, 3.63) is 90.0 Å².